The molecule has 0 radical (unpaired) electrons. The molecule has 0 spiro atoms. The van der Waals surface area contributed by atoms with Gasteiger partial charge in [0.1, 0.15) is 17.3 Å². The number of amides is 1. The minimum Gasteiger partial charge on any atom is -0.456 e. The lowest BCUT2D eigenvalue weighted by molar-refractivity contribution is 0.0577. The van der Waals surface area contributed by atoms with Crippen molar-refractivity contribution in [3.8, 4) is 17.6 Å². The van der Waals surface area contributed by atoms with E-state index in [2.05, 4.69) is 11.1 Å². The number of likely N-dealkylation sites (tertiary alicyclic amines) is 1. The van der Waals surface area contributed by atoms with E-state index in [9.17, 15) is 9.18 Å². The number of halogens is 1. The number of aryl methyl sites for hydroxylation is 1. The van der Waals surface area contributed by atoms with Crippen molar-refractivity contribution in [2.45, 2.75) is 20.3 Å². The Balaban J connectivity index is 1.68. The number of ether oxygens (including phenoxy) is 1. The lowest BCUT2D eigenvalue weighted by Gasteiger charge is -2.35. The molecule has 4 rings (SSSR count). The number of aromatic nitrogens is 1. The summed E-state index contributed by atoms with van der Waals surface area (Å²) in [6, 6.07) is 12.6. The van der Waals surface area contributed by atoms with Crippen LogP contribution in [0.1, 0.15) is 28.4 Å². The molecule has 146 valence electrons. The number of nitrogens with zero attached hydrogens (tertiary/aromatic N) is 3. The summed E-state index contributed by atoms with van der Waals surface area (Å²) >= 11 is 0. The van der Waals surface area contributed by atoms with E-state index < -0.39 is 0 Å². The maximum atomic E-state index is 14.5. The Morgan fingerprint density at radius 2 is 2.07 bits per heavy atom. The number of carbonyl (C=O) groups excluding carboxylic acids is 1. The second-order valence-electron chi connectivity index (χ2n) is 7.19. The number of pyridine rings is 1. The van der Waals surface area contributed by atoms with E-state index >= 15 is 0 Å². The Hall–Kier alpha value is -3.46. The predicted octanol–water partition coefficient (Wildman–Crippen LogP) is 4.63. The lowest BCUT2D eigenvalue weighted by atomic mass is 10.00. The highest BCUT2D eigenvalue weighted by Crippen LogP contribution is 2.33. The summed E-state index contributed by atoms with van der Waals surface area (Å²) in [5.74, 6) is 0.467. The summed E-state index contributed by atoms with van der Waals surface area (Å²) in [6.45, 7) is 4.50. The molecule has 0 bridgehead atoms. The molecule has 1 aliphatic rings. The Bertz CT molecular complexity index is 1150. The van der Waals surface area contributed by atoms with Gasteiger partial charge >= 0.3 is 0 Å². The van der Waals surface area contributed by atoms with Crippen LogP contribution in [0.4, 0.5) is 4.39 Å². The van der Waals surface area contributed by atoms with Gasteiger partial charge in [0.05, 0.1) is 17.5 Å². The first-order valence-corrected chi connectivity index (χ1v) is 9.55. The largest absolute Gasteiger partial charge is 0.456 e. The van der Waals surface area contributed by atoms with Crippen LogP contribution in [-0.2, 0) is 6.42 Å². The third-order valence-electron chi connectivity index (χ3n) is 5.32. The van der Waals surface area contributed by atoms with Gasteiger partial charge in [-0.1, -0.05) is 13.0 Å². The van der Waals surface area contributed by atoms with Crippen molar-refractivity contribution in [1.82, 2.24) is 9.88 Å². The smallest absolute Gasteiger partial charge is 0.253 e. The predicted molar refractivity (Wildman–Crippen MR) is 107 cm³/mol. The van der Waals surface area contributed by atoms with Crippen LogP contribution in [0, 0.1) is 30.0 Å². The summed E-state index contributed by atoms with van der Waals surface area (Å²) < 4.78 is 20.5. The molecule has 0 aliphatic carbocycles. The van der Waals surface area contributed by atoms with Crippen molar-refractivity contribution >= 4 is 16.8 Å². The molecule has 1 amide bonds. The van der Waals surface area contributed by atoms with Crippen molar-refractivity contribution < 1.29 is 13.9 Å². The second-order valence-corrected chi connectivity index (χ2v) is 7.19. The van der Waals surface area contributed by atoms with E-state index in [0.29, 0.717) is 58.6 Å². The molecular formula is C23H20FN3O2. The normalized spacial score (nSPS) is 13.8. The number of hydrogen-bond donors (Lipinski definition) is 0. The van der Waals surface area contributed by atoms with E-state index in [1.807, 2.05) is 6.92 Å². The van der Waals surface area contributed by atoms with Gasteiger partial charge in [-0.2, -0.15) is 5.26 Å². The van der Waals surface area contributed by atoms with Gasteiger partial charge < -0.3 is 9.64 Å². The van der Waals surface area contributed by atoms with E-state index in [4.69, 9.17) is 10.00 Å². The minimum absolute atomic E-state index is 0.0936. The van der Waals surface area contributed by atoms with Crippen LogP contribution in [0.15, 0.2) is 42.6 Å². The molecule has 2 heterocycles. The highest BCUT2D eigenvalue weighted by Gasteiger charge is 2.31. The molecule has 1 aromatic heterocycles. The molecule has 1 aliphatic heterocycles. The third-order valence-corrected chi connectivity index (χ3v) is 5.32. The standard InChI is InChI=1S/C23H20FN3O2/c1-3-16-5-7-20(14(2)22(16)24)29-21-8-9-26-19-6-4-17(10-18(19)21)23(28)27-12-15(11-25)13-27/h4-10,15H,3,12-13H2,1-2H3. The number of carbonyl (C=O) groups is 1. The van der Waals surface area contributed by atoms with Crippen molar-refractivity contribution in [3.05, 3.63) is 65.1 Å². The quantitative estimate of drug-likeness (QED) is 0.652. The number of rotatable bonds is 4. The Morgan fingerprint density at radius 1 is 1.28 bits per heavy atom. The fourth-order valence-corrected chi connectivity index (χ4v) is 3.48. The van der Waals surface area contributed by atoms with Crippen molar-refractivity contribution in [2.24, 2.45) is 5.92 Å². The molecular weight excluding hydrogens is 369 g/mol. The second kappa shape index (κ2) is 7.51. The van der Waals surface area contributed by atoms with Crippen LogP contribution >= 0.6 is 0 Å². The van der Waals surface area contributed by atoms with Crippen molar-refractivity contribution in [3.63, 3.8) is 0 Å². The molecule has 0 atom stereocenters. The zero-order valence-electron chi connectivity index (χ0n) is 16.3. The number of hydrogen-bond acceptors (Lipinski definition) is 4. The van der Waals surface area contributed by atoms with Gasteiger partial charge in [-0.05, 0) is 49.2 Å². The molecule has 6 heteroatoms. The first kappa shape index (κ1) is 18.9. The number of fused-ring (bicyclic) bond motifs is 1. The zero-order valence-corrected chi connectivity index (χ0v) is 16.3. The highest BCUT2D eigenvalue weighted by molar-refractivity contribution is 5.99. The summed E-state index contributed by atoms with van der Waals surface area (Å²) in [4.78, 5) is 18.7. The average Bonchev–Trinajstić information content (AvgIpc) is 2.70. The Labute approximate surface area is 168 Å². The fourth-order valence-electron chi connectivity index (χ4n) is 3.48. The van der Waals surface area contributed by atoms with Gasteiger partial charge in [-0.25, -0.2) is 4.39 Å². The van der Waals surface area contributed by atoms with E-state index in [1.165, 1.54) is 0 Å². The third kappa shape index (κ3) is 3.40. The van der Waals surface area contributed by atoms with E-state index in [1.54, 1.807) is 54.4 Å². The van der Waals surface area contributed by atoms with E-state index in [-0.39, 0.29) is 17.6 Å². The summed E-state index contributed by atoms with van der Waals surface area (Å²) in [7, 11) is 0. The lowest BCUT2D eigenvalue weighted by Crippen LogP contribution is -2.49. The molecule has 1 saturated heterocycles. The summed E-state index contributed by atoms with van der Waals surface area (Å²) in [5.41, 5.74) is 2.29. The van der Waals surface area contributed by atoms with Gasteiger partial charge in [0.15, 0.2) is 0 Å². The van der Waals surface area contributed by atoms with Gasteiger partial charge in [0.2, 0.25) is 0 Å². The summed E-state index contributed by atoms with van der Waals surface area (Å²) in [6.07, 6.45) is 2.23. The van der Waals surface area contributed by atoms with Crippen molar-refractivity contribution in [2.75, 3.05) is 13.1 Å². The van der Waals surface area contributed by atoms with Crippen LogP contribution in [0.5, 0.6) is 11.5 Å². The zero-order chi connectivity index (χ0) is 20.5. The Kier molecular flexibility index (Phi) is 4.89. The first-order chi connectivity index (χ1) is 14.0. The topological polar surface area (TPSA) is 66.2 Å². The average molecular weight is 389 g/mol. The molecule has 29 heavy (non-hydrogen) atoms. The van der Waals surface area contributed by atoms with Crippen LogP contribution in [0.3, 0.4) is 0 Å². The molecule has 1 fully saturated rings. The fraction of sp³-hybridized carbons (Fsp3) is 0.261. The first-order valence-electron chi connectivity index (χ1n) is 9.55. The number of nitriles is 1. The minimum atomic E-state index is -0.260. The molecule has 0 saturated carbocycles. The molecule has 5 nitrogen and oxygen atoms in total. The molecule has 3 aromatic rings. The highest BCUT2D eigenvalue weighted by atomic mass is 19.1. The van der Waals surface area contributed by atoms with Crippen LogP contribution in [-0.4, -0.2) is 28.9 Å². The van der Waals surface area contributed by atoms with Gasteiger partial charge in [-0.3, -0.25) is 9.78 Å². The maximum Gasteiger partial charge on any atom is 0.253 e. The van der Waals surface area contributed by atoms with Gasteiger partial charge in [0, 0.05) is 35.8 Å². The van der Waals surface area contributed by atoms with Crippen LogP contribution < -0.4 is 4.74 Å². The monoisotopic (exact) mass is 389 g/mol. The van der Waals surface area contributed by atoms with Crippen LogP contribution in [0.2, 0.25) is 0 Å². The van der Waals surface area contributed by atoms with Gasteiger partial charge in [-0.15, -0.1) is 0 Å². The molecule has 0 unspecified atom stereocenters. The number of benzene rings is 2. The Morgan fingerprint density at radius 3 is 2.79 bits per heavy atom. The van der Waals surface area contributed by atoms with Crippen molar-refractivity contribution in [1.29, 1.82) is 5.26 Å². The van der Waals surface area contributed by atoms with Gasteiger partial charge in [0.25, 0.3) is 5.91 Å². The molecule has 2 aromatic carbocycles. The molecule has 0 N–H and O–H groups in total. The SMILES string of the molecule is CCc1ccc(Oc2ccnc3ccc(C(=O)N4CC(C#N)C4)cc23)c(C)c1F. The van der Waals surface area contributed by atoms with Crippen LogP contribution in [0.25, 0.3) is 10.9 Å². The maximum absolute atomic E-state index is 14.5. The summed E-state index contributed by atoms with van der Waals surface area (Å²) in [5, 5.41) is 9.59. The van der Waals surface area contributed by atoms with E-state index in [0.717, 1.165) is 0 Å².